The van der Waals surface area contributed by atoms with Gasteiger partial charge in [0.25, 0.3) is 0 Å². The van der Waals surface area contributed by atoms with Gasteiger partial charge in [0.1, 0.15) is 5.78 Å². The first-order chi connectivity index (χ1) is 11.2. The van der Waals surface area contributed by atoms with Gasteiger partial charge >= 0.3 is 0 Å². The van der Waals surface area contributed by atoms with Gasteiger partial charge in [-0.15, -0.1) is 10.2 Å². The van der Waals surface area contributed by atoms with Gasteiger partial charge in [0.05, 0.1) is 6.42 Å². The second-order valence-corrected chi connectivity index (χ2v) is 5.62. The highest BCUT2D eigenvalue weighted by Gasteiger charge is 2.10. The van der Waals surface area contributed by atoms with E-state index in [0.29, 0.717) is 25.1 Å². The Kier molecular flexibility index (Phi) is 6.59. The number of aromatic nitrogens is 4. The molecule has 2 rings (SSSR count). The van der Waals surface area contributed by atoms with Crippen LogP contribution in [0.2, 0.25) is 0 Å². The van der Waals surface area contributed by atoms with Gasteiger partial charge in [0.2, 0.25) is 0 Å². The number of benzene rings is 1. The number of hydrogen-bond acceptors (Lipinski definition) is 5. The number of rotatable bonds is 10. The normalized spacial score (nSPS) is 10.7. The molecule has 0 radical (unpaired) electrons. The van der Waals surface area contributed by atoms with Crippen molar-refractivity contribution in [3.05, 3.63) is 41.2 Å². The summed E-state index contributed by atoms with van der Waals surface area (Å²) in [6.45, 7) is 2.16. The van der Waals surface area contributed by atoms with E-state index in [4.69, 9.17) is 0 Å². The second-order valence-electron chi connectivity index (χ2n) is 5.62. The Morgan fingerprint density at radius 3 is 2.52 bits per heavy atom. The van der Waals surface area contributed by atoms with E-state index in [0.717, 1.165) is 18.4 Å². The van der Waals surface area contributed by atoms with Crippen LogP contribution in [0.4, 0.5) is 0 Å². The van der Waals surface area contributed by atoms with Gasteiger partial charge in [-0.1, -0.05) is 42.8 Å². The number of nitrogens with one attached hydrogen (secondary N) is 1. The first-order valence-electron chi connectivity index (χ1n) is 8.05. The fourth-order valence-corrected chi connectivity index (χ4v) is 2.35. The third-order valence-corrected chi connectivity index (χ3v) is 3.70. The number of ketones is 2. The minimum Gasteiger partial charge on any atom is -0.299 e. The zero-order chi connectivity index (χ0) is 16.5. The molecule has 0 fully saturated rings. The van der Waals surface area contributed by atoms with E-state index in [9.17, 15) is 9.59 Å². The molecule has 0 spiro atoms. The Hall–Kier alpha value is -2.37. The van der Waals surface area contributed by atoms with Gasteiger partial charge < -0.3 is 0 Å². The van der Waals surface area contributed by atoms with E-state index in [2.05, 4.69) is 27.5 Å². The van der Waals surface area contributed by atoms with Gasteiger partial charge in [-0.25, -0.2) is 0 Å². The van der Waals surface area contributed by atoms with Gasteiger partial charge in [-0.05, 0) is 24.8 Å². The molecular weight excluding hydrogens is 292 g/mol. The molecule has 0 saturated heterocycles. The molecule has 2 aromatic rings. The zero-order valence-corrected chi connectivity index (χ0v) is 13.4. The predicted molar refractivity (Wildman–Crippen MR) is 86.1 cm³/mol. The van der Waals surface area contributed by atoms with Crippen molar-refractivity contribution >= 4 is 11.6 Å². The SMILES string of the molecule is CCCCc1ccc(C(=O)CCCC(=O)Cc2nn[nH]n2)cc1. The number of tetrazole rings is 1. The maximum atomic E-state index is 12.1. The Morgan fingerprint density at radius 2 is 1.87 bits per heavy atom. The number of nitrogens with zero attached hydrogens (tertiary/aromatic N) is 3. The number of aromatic amines is 1. The molecule has 0 unspecified atom stereocenters. The molecule has 1 N–H and O–H groups in total. The Labute approximate surface area is 135 Å². The van der Waals surface area contributed by atoms with E-state index in [1.807, 2.05) is 24.3 Å². The van der Waals surface area contributed by atoms with Crippen LogP contribution in [0.15, 0.2) is 24.3 Å². The third-order valence-electron chi connectivity index (χ3n) is 3.70. The number of hydrogen-bond donors (Lipinski definition) is 1. The van der Waals surface area contributed by atoms with Crippen molar-refractivity contribution < 1.29 is 9.59 Å². The molecule has 0 saturated carbocycles. The molecule has 0 amide bonds. The molecule has 1 aromatic heterocycles. The average Bonchev–Trinajstić information content (AvgIpc) is 3.06. The van der Waals surface area contributed by atoms with Gasteiger partial charge in [0.15, 0.2) is 11.6 Å². The predicted octanol–water partition coefficient (Wildman–Crippen LogP) is 2.71. The van der Waals surface area contributed by atoms with Crippen molar-refractivity contribution in [1.29, 1.82) is 0 Å². The van der Waals surface area contributed by atoms with Crippen LogP contribution in [-0.4, -0.2) is 32.2 Å². The number of Topliss-reactive ketones (excluding diaryl/α,β-unsaturated/α-hetero) is 2. The standard InChI is InChI=1S/C17H22N4O2/c1-2-3-5-13-8-10-14(11-9-13)16(23)7-4-6-15(22)12-17-18-20-21-19-17/h8-11H,2-7,12H2,1H3,(H,18,19,20,21). The van der Waals surface area contributed by atoms with Crippen LogP contribution in [0, 0.1) is 0 Å². The number of H-pyrrole nitrogens is 1. The maximum Gasteiger partial charge on any atom is 0.181 e. The highest BCUT2D eigenvalue weighted by Crippen LogP contribution is 2.11. The van der Waals surface area contributed by atoms with Crippen LogP contribution in [0.3, 0.4) is 0 Å². The molecule has 23 heavy (non-hydrogen) atoms. The molecule has 122 valence electrons. The largest absolute Gasteiger partial charge is 0.299 e. The number of aryl methyl sites for hydroxylation is 1. The zero-order valence-electron chi connectivity index (χ0n) is 13.4. The topological polar surface area (TPSA) is 88.6 Å². The lowest BCUT2D eigenvalue weighted by atomic mass is 10.0. The Balaban J connectivity index is 1.72. The smallest absolute Gasteiger partial charge is 0.181 e. The molecule has 0 aliphatic heterocycles. The van der Waals surface area contributed by atoms with E-state index in [-0.39, 0.29) is 18.0 Å². The molecule has 6 nitrogen and oxygen atoms in total. The number of unbranched alkanes of at least 4 members (excludes halogenated alkanes) is 1. The van der Waals surface area contributed by atoms with Crippen LogP contribution in [0.5, 0.6) is 0 Å². The lowest BCUT2D eigenvalue weighted by Gasteiger charge is -2.03. The lowest BCUT2D eigenvalue weighted by Crippen LogP contribution is -2.06. The van der Waals surface area contributed by atoms with Crippen molar-refractivity contribution in [2.45, 2.75) is 51.9 Å². The molecule has 1 aromatic carbocycles. The number of carbonyl (C=O) groups is 2. The van der Waals surface area contributed by atoms with Crippen molar-refractivity contribution in [2.24, 2.45) is 0 Å². The van der Waals surface area contributed by atoms with Crippen LogP contribution < -0.4 is 0 Å². The Morgan fingerprint density at radius 1 is 1.09 bits per heavy atom. The highest BCUT2D eigenvalue weighted by atomic mass is 16.1. The van der Waals surface area contributed by atoms with E-state index < -0.39 is 0 Å². The monoisotopic (exact) mass is 314 g/mol. The minimum atomic E-state index is 0.0223. The second kappa shape index (κ2) is 8.92. The van der Waals surface area contributed by atoms with Crippen molar-refractivity contribution in [2.75, 3.05) is 0 Å². The van der Waals surface area contributed by atoms with Crippen LogP contribution in [0.25, 0.3) is 0 Å². The van der Waals surface area contributed by atoms with E-state index >= 15 is 0 Å². The van der Waals surface area contributed by atoms with Gasteiger partial charge in [-0.3, -0.25) is 9.59 Å². The van der Waals surface area contributed by atoms with Crippen molar-refractivity contribution in [3.63, 3.8) is 0 Å². The first kappa shape index (κ1) is 17.0. The molecule has 0 atom stereocenters. The first-order valence-corrected chi connectivity index (χ1v) is 8.05. The average molecular weight is 314 g/mol. The summed E-state index contributed by atoms with van der Waals surface area (Å²) in [6.07, 6.45) is 4.83. The van der Waals surface area contributed by atoms with Crippen LogP contribution in [0.1, 0.15) is 60.8 Å². The van der Waals surface area contributed by atoms with E-state index in [1.165, 1.54) is 12.0 Å². The van der Waals surface area contributed by atoms with Crippen LogP contribution in [-0.2, 0) is 17.6 Å². The summed E-state index contributed by atoms with van der Waals surface area (Å²) in [5.41, 5.74) is 1.98. The lowest BCUT2D eigenvalue weighted by molar-refractivity contribution is -0.118. The van der Waals surface area contributed by atoms with Gasteiger partial charge in [-0.2, -0.15) is 5.21 Å². The fourth-order valence-electron chi connectivity index (χ4n) is 2.35. The van der Waals surface area contributed by atoms with E-state index in [1.54, 1.807) is 0 Å². The highest BCUT2D eigenvalue weighted by molar-refractivity contribution is 5.96. The van der Waals surface area contributed by atoms with Gasteiger partial charge in [0, 0.05) is 18.4 Å². The maximum absolute atomic E-state index is 12.1. The molecule has 0 aliphatic carbocycles. The summed E-state index contributed by atoms with van der Waals surface area (Å²) in [6, 6.07) is 7.80. The summed E-state index contributed by atoms with van der Waals surface area (Å²) in [4.78, 5) is 23.9. The quantitative estimate of drug-likeness (QED) is 0.681. The summed E-state index contributed by atoms with van der Waals surface area (Å²) >= 11 is 0. The number of carbonyl (C=O) groups excluding carboxylic acids is 2. The minimum absolute atomic E-state index is 0.0223. The molecule has 0 bridgehead atoms. The van der Waals surface area contributed by atoms with Crippen molar-refractivity contribution in [3.8, 4) is 0 Å². The molecule has 1 heterocycles. The third kappa shape index (κ3) is 5.73. The molecular formula is C17H22N4O2. The molecule has 6 heteroatoms. The van der Waals surface area contributed by atoms with Crippen LogP contribution >= 0.6 is 0 Å². The van der Waals surface area contributed by atoms with Crippen molar-refractivity contribution in [1.82, 2.24) is 20.6 Å². The summed E-state index contributed by atoms with van der Waals surface area (Å²) in [5, 5.41) is 13.2. The molecule has 0 aliphatic rings. The fraction of sp³-hybridized carbons (Fsp3) is 0.471. The summed E-state index contributed by atoms with van der Waals surface area (Å²) in [7, 11) is 0. The Bertz CT molecular complexity index is 621. The summed E-state index contributed by atoms with van der Waals surface area (Å²) < 4.78 is 0. The summed E-state index contributed by atoms with van der Waals surface area (Å²) in [5.74, 6) is 0.498.